The Hall–Kier alpha value is 1.95. The second kappa shape index (κ2) is 26.9. The molecule has 8 nitrogen and oxygen atoms in total. The molecule has 26 heavy (non-hydrogen) atoms. The van der Waals surface area contributed by atoms with Crippen molar-refractivity contribution in [2.24, 2.45) is 10.4 Å². The molecule has 0 heterocycles. The van der Waals surface area contributed by atoms with Crippen LogP contribution in [-0.2, 0) is 38.3 Å². The van der Waals surface area contributed by atoms with Gasteiger partial charge in [0, 0.05) is 0 Å². The molecule has 0 fully saturated rings. The molecule has 0 aromatic heterocycles. The molecule has 0 spiro atoms. The maximum atomic E-state index is 10.1. The van der Waals surface area contributed by atoms with E-state index in [-0.39, 0.29) is 0 Å². The third kappa shape index (κ3) is 15.8. The van der Waals surface area contributed by atoms with E-state index in [9.17, 15) is 9.81 Å². The van der Waals surface area contributed by atoms with Crippen molar-refractivity contribution in [1.29, 1.82) is 0 Å². The van der Waals surface area contributed by atoms with Gasteiger partial charge in [0.05, 0.1) is 11.4 Å². The molecule has 0 bridgehead atoms. The first-order valence-electron chi connectivity index (χ1n) is 7.03. The van der Waals surface area contributed by atoms with Crippen molar-refractivity contribution in [3.05, 3.63) is 32.6 Å². The Balaban J connectivity index is -0.000000316. The van der Waals surface area contributed by atoms with Gasteiger partial charge in [-0.2, -0.15) is 0 Å². The van der Waals surface area contributed by atoms with E-state index in [0.29, 0.717) is 35.6 Å². The van der Waals surface area contributed by atoms with Crippen LogP contribution in [0.2, 0.25) is 0 Å². The summed E-state index contributed by atoms with van der Waals surface area (Å²) in [5.41, 5.74) is 6.08. The molecule has 4 N–H and O–H groups in total. The standard InChI is InChI=1S/2C6H10N2O2.3Cu.3HI/c2*9-7-5-3-1-2-4-6(5)8-10;;;;;;/h2*7,9H,1-4H2;;;;3*1H/q;;3*+1;;;/p-1. The van der Waals surface area contributed by atoms with Crippen LogP contribution in [0, 0.1) is 9.81 Å². The molecular formula is C12H22Cu3I3N4O4+2. The fraction of sp³-hybridized carbons (Fsp3) is 0.667. The molecular weight excluding hydrogens is 836 g/mol. The van der Waals surface area contributed by atoms with Crippen LogP contribution >= 0.6 is 20.3 Å². The number of nitrogens with zero attached hydrogens (tertiary/aromatic N) is 2. The van der Waals surface area contributed by atoms with E-state index in [1.54, 1.807) is 20.3 Å². The van der Waals surface area contributed by atoms with Crippen LogP contribution in [0.4, 0.5) is 0 Å². The van der Waals surface area contributed by atoms with Crippen molar-refractivity contribution in [3.63, 3.8) is 0 Å². The average molecular weight is 858 g/mol. The van der Waals surface area contributed by atoms with Crippen LogP contribution < -0.4 is 51.6 Å². The quantitative estimate of drug-likeness (QED) is 0.107. The van der Waals surface area contributed by atoms with Crippen molar-refractivity contribution in [2.45, 2.75) is 51.4 Å². The number of hydrogen-bond acceptors (Lipinski definition) is 8. The van der Waals surface area contributed by atoms with Crippen molar-refractivity contribution < 1.29 is 89.4 Å². The molecule has 2 aliphatic rings. The summed E-state index contributed by atoms with van der Waals surface area (Å²) in [6.07, 6.45) is 6.86. The zero-order valence-electron chi connectivity index (χ0n) is 13.4. The number of nitroso groups, excluding NO2 is 2. The molecule has 2 rings (SSSR count). The maximum absolute atomic E-state index is 10.1. The molecule has 0 radical (unpaired) electrons. The van der Waals surface area contributed by atoms with E-state index in [4.69, 9.17) is 10.4 Å². The second-order valence-electron chi connectivity index (χ2n) is 4.67. The zero-order chi connectivity index (χ0) is 20.8. The first-order valence-corrected chi connectivity index (χ1v) is 16.6. The number of halogens is 3. The van der Waals surface area contributed by atoms with Crippen LogP contribution in [-0.4, -0.2) is 10.4 Å². The molecule has 0 aromatic carbocycles. The number of allylic oxidation sites excluding steroid dienone is 4. The monoisotopic (exact) mass is 856 g/mol. The van der Waals surface area contributed by atoms with Gasteiger partial charge in [-0.15, -0.1) is 9.81 Å². The van der Waals surface area contributed by atoms with Gasteiger partial charge in [-0.25, -0.2) is 0 Å². The first-order chi connectivity index (χ1) is 12.8. The van der Waals surface area contributed by atoms with E-state index < -0.39 is 0 Å². The van der Waals surface area contributed by atoms with Crippen LogP contribution in [0.3, 0.4) is 0 Å². The SMILES string of the molecule is O=NC1=C(NO)CCCC1.O=NC1=C(NO)CCCC1.[Cu][IH+].[Cu][IH+].[Cu][I]. The fourth-order valence-electron chi connectivity index (χ4n) is 2.22. The topological polar surface area (TPSA) is 123 Å². The normalized spacial score (nSPS) is 15.3. The number of rotatable bonds is 4. The first kappa shape index (κ1) is 32.6. The molecule has 0 saturated heterocycles. The van der Waals surface area contributed by atoms with Crippen LogP contribution in [0.25, 0.3) is 0 Å². The third-order valence-corrected chi connectivity index (χ3v) is 3.37. The van der Waals surface area contributed by atoms with Gasteiger partial charge in [0.25, 0.3) is 0 Å². The molecule has 2 aliphatic carbocycles. The minimum absolute atomic E-state index is 0.466. The third-order valence-electron chi connectivity index (χ3n) is 3.37. The summed E-state index contributed by atoms with van der Waals surface area (Å²) in [6.45, 7) is 0. The van der Waals surface area contributed by atoms with E-state index >= 15 is 0 Å². The molecule has 0 aliphatic heterocycles. The summed E-state index contributed by atoms with van der Waals surface area (Å²) in [7, 11) is 0. The van der Waals surface area contributed by atoms with E-state index in [2.05, 4.69) is 48.6 Å². The van der Waals surface area contributed by atoms with E-state index in [1.807, 2.05) is 11.0 Å². The Morgan fingerprint density at radius 3 is 1.19 bits per heavy atom. The van der Waals surface area contributed by atoms with Crippen LogP contribution in [0.1, 0.15) is 51.4 Å². The summed E-state index contributed by atoms with van der Waals surface area (Å²) in [5.74, 6) is 0. The van der Waals surface area contributed by atoms with Gasteiger partial charge in [0.2, 0.25) is 0 Å². The summed E-state index contributed by atoms with van der Waals surface area (Å²) >= 11 is 17.3. The van der Waals surface area contributed by atoms with Crippen molar-refractivity contribution in [3.8, 4) is 0 Å². The average Bonchev–Trinajstić information content (AvgIpc) is 2.78. The molecule has 0 saturated carbocycles. The van der Waals surface area contributed by atoms with E-state index in [0.717, 1.165) is 38.5 Å². The Bertz CT molecular complexity index is 395. The predicted molar refractivity (Wildman–Crippen MR) is 89.2 cm³/mol. The van der Waals surface area contributed by atoms with Gasteiger partial charge < -0.3 is 0 Å². The van der Waals surface area contributed by atoms with Gasteiger partial charge in [-0.05, 0) is 61.7 Å². The molecule has 166 valence electrons. The number of hydrogen-bond donors (Lipinski definition) is 4. The minimum atomic E-state index is 0.466. The molecule has 0 unspecified atom stereocenters. The molecule has 0 aromatic rings. The van der Waals surface area contributed by atoms with Gasteiger partial charge >= 0.3 is 99.3 Å². The summed E-state index contributed by atoms with van der Waals surface area (Å²) in [5, 5.41) is 22.6. The van der Waals surface area contributed by atoms with Crippen molar-refractivity contribution >= 4 is 20.3 Å². The molecule has 0 amide bonds. The van der Waals surface area contributed by atoms with Crippen LogP contribution in [0.15, 0.2) is 33.1 Å². The van der Waals surface area contributed by atoms with Gasteiger partial charge in [-0.1, -0.05) is 0 Å². The summed E-state index contributed by atoms with van der Waals surface area (Å²) in [4.78, 5) is 20.1. The Morgan fingerprint density at radius 2 is 1.00 bits per heavy atom. The Morgan fingerprint density at radius 1 is 0.731 bits per heavy atom. The Kier molecular flexibility index (Phi) is 33.8. The van der Waals surface area contributed by atoms with Crippen molar-refractivity contribution in [1.82, 2.24) is 11.0 Å². The second-order valence-corrected chi connectivity index (χ2v) is 4.67. The van der Waals surface area contributed by atoms with Crippen molar-refractivity contribution in [2.75, 3.05) is 0 Å². The van der Waals surface area contributed by atoms with Gasteiger partial charge in [0.1, 0.15) is 11.4 Å². The molecule has 14 heteroatoms. The van der Waals surface area contributed by atoms with Gasteiger partial charge in [0.15, 0.2) is 0 Å². The summed E-state index contributed by atoms with van der Waals surface area (Å²) < 4.78 is 0. The Labute approximate surface area is 212 Å². The van der Waals surface area contributed by atoms with Gasteiger partial charge in [-0.3, -0.25) is 21.4 Å². The predicted octanol–water partition coefficient (Wildman–Crippen LogP) is -2.61. The zero-order valence-corrected chi connectivity index (χ0v) is 23.0. The number of hydroxylamine groups is 2. The van der Waals surface area contributed by atoms with E-state index in [1.165, 1.54) is 40.7 Å². The summed E-state index contributed by atoms with van der Waals surface area (Å²) in [6, 6.07) is 0. The number of nitrogens with one attached hydrogen (secondary N) is 2. The fourth-order valence-corrected chi connectivity index (χ4v) is 2.22. The van der Waals surface area contributed by atoms with Crippen LogP contribution in [0.5, 0.6) is 0 Å². The molecule has 0 atom stereocenters.